The Kier molecular flexibility index (Phi) is 1.44. The minimum Gasteiger partial charge on any atom is -0.316 e. The standard InChI is InChI=1S/C8H14FN/c9-8(2-3-8)5-7-1-4-10-6-7/h7,10H,1-6H2. The van der Waals surface area contributed by atoms with Gasteiger partial charge in [0.15, 0.2) is 0 Å². The average molecular weight is 143 g/mol. The zero-order valence-corrected chi connectivity index (χ0v) is 6.20. The summed E-state index contributed by atoms with van der Waals surface area (Å²) < 4.78 is 13.1. The molecule has 1 heterocycles. The Balaban J connectivity index is 1.78. The van der Waals surface area contributed by atoms with Crippen LogP contribution in [0.4, 0.5) is 4.39 Å². The van der Waals surface area contributed by atoms with E-state index in [4.69, 9.17) is 0 Å². The van der Waals surface area contributed by atoms with Crippen LogP contribution in [0.3, 0.4) is 0 Å². The van der Waals surface area contributed by atoms with Crippen molar-refractivity contribution in [2.24, 2.45) is 5.92 Å². The summed E-state index contributed by atoms with van der Waals surface area (Å²) in [5, 5.41) is 3.26. The van der Waals surface area contributed by atoms with E-state index in [9.17, 15) is 4.39 Å². The lowest BCUT2D eigenvalue weighted by Crippen LogP contribution is -2.13. The van der Waals surface area contributed by atoms with E-state index in [1.807, 2.05) is 0 Å². The Morgan fingerprint density at radius 3 is 2.80 bits per heavy atom. The highest BCUT2D eigenvalue weighted by Crippen LogP contribution is 2.45. The van der Waals surface area contributed by atoms with E-state index in [0.717, 1.165) is 32.4 Å². The molecule has 0 aromatic rings. The summed E-state index contributed by atoms with van der Waals surface area (Å²) in [4.78, 5) is 0. The molecule has 0 aromatic heterocycles. The molecular formula is C8H14FN. The van der Waals surface area contributed by atoms with E-state index in [1.54, 1.807) is 0 Å². The second kappa shape index (κ2) is 2.19. The number of rotatable bonds is 2. The molecule has 1 atom stereocenters. The maximum Gasteiger partial charge on any atom is 0.111 e. The van der Waals surface area contributed by atoms with Crippen LogP contribution in [-0.4, -0.2) is 18.8 Å². The van der Waals surface area contributed by atoms with Crippen molar-refractivity contribution in [3.63, 3.8) is 0 Å². The Morgan fingerprint density at radius 2 is 2.30 bits per heavy atom. The molecule has 1 aliphatic heterocycles. The SMILES string of the molecule is FC1(CC2CCNC2)CC1. The first-order valence-corrected chi connectivity index (χ1v) is 4.18. The Hall–Kier alpha value is -0.110. The molecule has 2 aliphatic rings. The van der Waals surface area contributed by atoms with E-state index >= 15 is 0 Å². The van der Waals surface area contributed by atoms with Gasteiger partial charge in [-0.25, -0.2) is 4.39 Å². The van der Waals surface area contributed by atoms with Crippen molar-refractivity contribution in [3.05, 3.63) is 0 Å². The van der Waals surface area contributed by atoms with Crippen molar-refractivity contribution < 1.29 is 4.39 Å². The molecule has 10 heavy (non-hydrogen) atoms. The molecule has 2 heteroatoms. The van der Waals surface area contributed by atoms with Gasteiger partial charge in [0, 0.05) is 0 Å². The number of hydrogen-bond donors (Lipinski definition) is 1. The van der Waals surface area contributed by atoms with Crippen LogP contribution in [0, 0.1) is 5.92 Å². The molecule has 2 rings (SSSR count). The van der Waals surface area contributed by atoms with Gasteiger partial charge in [0.25, 0.3) is 0 Å². The van der Waals surface area contributed by atoms with Gasteiger partial charge in [-0.3, -0.25) is 0 Å². The van der Waals surface area contributed by atoms with Gasteiger partial charge in [0.2, 0.25) is 0 Å². The predicted molar refractivity (Wildman–Crippen MR) is 38.7 cm³/mol. The minimum atomic E-state index is -0.726. The summed E-state index contributed by atoms with van der Waals surface area (Å²) in [6.45, 7) is 2.15. The van der Waals surface area contributed by atoms with Crippen LogP contribution in [0.25, 0.3) is 0 Å². The number of alkyl halides is 1. The highest BCUT2D eigenvalue weighted by molar-refractivity contribution is 4.96. The van der Waals surface area contributed by atoms with Crippen molar-refractivity contribution in [1.29, 1.82) is 0 Å². The Morgan fingerprint density at radius 1 is 1.50 bits per heavy atom. The van der Waals surface area contributed by atoms with Crippen LogP contribution in [0.2, 0.25) is 0 Å². The fourth-order valence-corrected chi connectivity index (χ4v) is 1.75. The number of hydrogen-bond acceptors (Lipinski definition) is 1. The van der Waals surface area contributed by atoms with E-state index in [-0.39, 0.29) is 0 Å². The second-order valence-electron chi connectivity index (χ2n) is 3.71. The zero-order chi connectivity index (χ0) is 7.03. The van der Waals surface area contributed by atoms with Gasteiger partial charge in [-0.15, -0.1) is 0 Å². The molecule has 0 radical (unpaired) electrons. The summed E-state index contributed by atoms with van der Waals surface area (Å²) in [5.41, 5.74) is -0.726. The minimum absolute atomic E-state index is 0.632. The largest absolute Gasteiger partial charge is 0.316 e. The van der Waals surface area contributed by atoms with Gasteiger partial charge < -0.3 is 5.32 Å². The van der Waals surface area contributed by atoms with Crippen molar-refractivity contribution in [1.82, 2.24) is 5.32 Å². The quantitative estimate of drug-likeness (QED) is 0.617. The molecule has 58 valence electrons. The highest BCUT2D eigenvalue weighted by Gasteiger charge is 2.44. The molecule has 0 amide bonds. The molecule has 2 fully saturated rings. The van der Waals surface area contributed by atoms with E-state index in [0.29, 0.717) is 5.92 Å². The third-order valence-corrected chi connectivity index (χ3v) is 2.61. The van der Waals surface area contributed by atoms with Gasteiger partial charge in [-0.05, 0) is 44.7 Å². The summed E-state index contributed by atoms with van der Waals surface area (Å²) in [7, 11) is 0. The maximum absolute atomic E-state index is 13.1. The summed E-state index contributed by atoms with van der Waals surface area (Å²) in [5.74, 6) is 0.632. The van der Waals surface area contributed by atoms with Crippen molar-refractivity contribution in [2.75, 3.05) is 13.1 Å². The Bertz CT molecular complexity index is 125. The van der Waals surface area contributed by atoms with Crippen LogP contribution in [0.5, 0.6) is 0 Å². The first-order valence-electron chi connectivity index (χ1n) is 4.18. The molecular weight excluding hydrogens is 129 g/mol. The monoisotopic (exact) mass is 143 g/mol. The lowest BCUT2D eigenvalue weighted by atomic mass is 10.0. The summed E-state index contributed by atoms with van der Waals surface area (Å²) in [6, 6.07) is 0. The molecule has 0 bridgehead atoms. The lowest BCUT2D eigenvalue weighted by Gasteiger charge is -2.09. The third-order valence-electron chi connectivity index (χ3n) is 2.61. The van der Waals surface area contributed by atoms with Gasteiger partial charge >= 0.3 is 0 Å². The molecule has 1 saturated heterocycles. The van der Waals surface area contributed by atoms with E-state index < -0.39 is 5.67 Å². The van der Waals surface area contributed by atoms with Gasteiger partial charge in [-0.1, -0.05) is 0 Å². The lowest BCUT2D eigenvalue weighted by molar-refractivity contribution is 0.251. The molecule has 0 spiro atoms. The smallest absolute Gasteiger partial charge is 0.111 e. The van der Waals surface area contributed by atoms with Crippen LogP contribution >= 0.6 is 0 Å². The highest BCUT2D eigenvalue weighted by atomic mass is 19.1. The number of nitrogens with one attached hydrogen (secondary N) is 1. The van der Waals surface area contributed by atoms with Crippen LogP contribution in [0.15, 0.2) is 0 Å². The van der Waals surface area contributed by atoms with Crippen molar-refractivity contribution in [2.45, 2.75) is 31.4 Å². The molecule has 1 saturated carbocycles. The topological polar surface area (TPSA) is 12.0 Å². The van der Waals surface area contributed by atoms with Crippen LogP contribution in [-0.2, 0) is 0 Å². The Labute approximate surface area is 61.0 Å². The molecule has 1 nitrogen and oxygen atoms in total. The van der Waals surface area contributed by atoms with E-state index in [2.05, 4.69) is 5.32 Å². The van der Waals surface area contributed by atoms with E-state index in [1.165, 1.54) is 6.42 Å². The van der Waals surface area contributed by atoms with Gasteiger partial charge in [0.1, 0.15) is 5.67 Å². The molecule has 1 aliphatic carbocycles. The van der Waals surface area contributed by atoms with Gasteiger partial charge in [0.05, 0.1) is 0 Å². The maximum atomic E-state index is 13.1. The first kappa shape index (κ1) is 6.59. The normalized spacial score (nSPS) is 36.3. The summed E-state index contributed by atoms with van der Waals surface area (Å²) in [6.07, 6.45) is 3.65. The van der Waals surface area contributed by atoms with Crippen LogP contribution < -0.4 is 5.32 Å². The second-order valence-corrected chi connectivity index (χ2v) is 3.71. The van der Waals surface area contributed by atoms with Crippen molar-refractivity contribution in [3.8, 4) is 0 Å². The zero-order valence-electron chi connectivity index (χ0n) is 6.20. The van der Waals surface area contributed by atoms with Crippen molar-refractivity contribution >= 4 is 0 Å². The fourth-order valence-electron chi connectivity index (χ4n) is 1.75. The molecule has 1 unspecified atom stereocenters. The van der Waals surface area contributed by atoms with Gasteiger partial charge in [-0.2, -0.15) is 0 Å². The predicted octanol–water partition coefficient (Wildman–Crippen LogP) is 1.49. The summed E-state index contributed by atoms with van der Waals surface area (Å²) >= 11 is 0. The fraction of sp³-hybridized carbons (Fsp3) is 1.00. The average Bonchev–Trinajstić information content (AvgIpc) is 2.47. The molecule has 0 aromatic carbocycles. The van der Waals surface area contributed by atoms with Crippen LogP contribution in [0.1, 0.15) is 25.7 Å². The third kappa shape index (κ3) is 1.31. The number of halogens is 1. The molecule has 1 N–H and O–H groups in total. The first-order chi connectivity index (χ1) is 4.79.